The average Bonchev–Trinajstić information content (AvgIpc) is 3.47. The summed E-state index contributed by atoms with van der Waals surface area (Å²) in [6, 6.07) is 11.3. The molecule has 4 heteroatoms. The van der Waals surface area contributed by atoms with Gasteiger partial charge in [0, 0.05) is 24.6 Å². The molecule has 0 radical (unpaired) electrons. The van der Waals surface area contributed by atoms with E-state index in [1.807, 2.05) is 0 Å². The van der Waals surface area contributed by atoms with E-state index in [0.29, 0.717) is 12.0 Å². The summed E-state index contributed by atoms with van der Waals surface area (Å²) in [6.07, 6.45) is 9.00. The molecule has 4 rings (SSSR count). The first-order valence-electron chi connectivity index (χ1n) is 9.71. The maximum absolute atomic E-state index is 4.79. The molecule has 25 heavy (non-hydrogen) atoms. The van der Waals surface area contributed by atoms with Gasteiger partial charge in [0.15, 0.2) is 0 Å². The average molecular weight is 336 g/mol. The van der Waals surface area contributed by atoms with Crippen molar-refractivity contribution in [3.05, 3.63) is 47.2 Å². The van der Waals surface area contributed by atoms with E-state index in [4.69, 9.17) is 9.97 Å². The van der Waals surface area contributed by atoms with E-state index in [0.717, 1.165) is 18.3 Å². The molecule has 2 fully saturated rings. The second-order valence-corrected chi connectivity index (χ2v) is 7.59. The molecule has 1 aromatic carbocycles. The standard InChI is InChI=1S/C21H28N4/c1-15-7-9-16(10-8-15)14-22-20-13-19(17-11-12-17)24-21(25-20)23-18-5-3-2-4-6-18/h7-10,13,17-18H,2-6,11-12,14H2,1H3,(H2,22,23,24,25). The molecule has 2 aromatic rings. The summed E-state index contributed by atoms with van der Waals surface area (Å²) in [6.45, 7) is 2.91. The Labute approximate surface area is 150 Å². The lowest BCUT2D eigenvalue weighted by molar-refractivity contribution is 0.460. The van der Waals surface area contributed by atoms with E-state index in [1.165, 1.54) is 61.8 Å². The third-order valence-electron chi connectivity index (χ3n) is 5.27. The van der Waals surface area contributed by atoms with Gasteiger partial charge in [-0.3, -0.25) is 0 Å². The van der Waals surface area contributed by atoms with Crippen LogP contribution in [-0.2, 0) is 6.54 Å². The largest absolute Gasteiger partial charge is 0.366 e. The van der Waals surface area contributed by atoms with Crippen LogP contribution in [0, 0.1) is 6.92 Å². The lowest BCUT2D eigenvalue weighted by atomic mass is 9.96. The van der Waals surface area contributed by atoms with Gasteiger partial charge in [0.25, 0.3) is 0 Å². The first-order chi connectivity index (χ1) is 12.3. The highest BCUT2D eigenvalue weighted by Crippen LogP contribution is 2.40. The molecule has 2 N–H and O–H groups in total. The van der Waals surface area contributed by atoms with Crippen molar-refractivity contribution in [2.45, 2.75) is 70.4 Å². The molecule has 0 spiro atoms. The predicted octanol–water partition coefficient (Wildman–Crippen LogP) is 5.02. The van der Waals surface area contributed by atoms with Gasteiger partial charge < -0.3 is 10.6 Å². The lowest BCUT2D eigenvalue weighted by Gasteiger charge is -2.23. The molecule has 0 bridgehead atoms. The summed E-state index contributed by atoms with van der Waals surface area (Å²) in [5.74, 6) is 2.38. The van der Waals surface area contributed by atoms with E-state index in [2.05, 4.69) is 47.9 Å². The van der Waals surface area contributed by atoms with Crippen LogP contribution in [0.25, 0.3) is 0 Å². The van der Waals surface area contributed by atoms with E-state index < -0.39 is 0 Å². The molecule has 4 nitrogen and oxygen atoms in total. The van der Waals surface area contributed by atoms with E-state index in [9.17, 15) is 0 Å². The van der Waals surface area contributed by atoms with Gasteiger partial charge in [-0.1, -0.05) is 49.1 Å². The summed E-state index contributed by atoms with van der Waals surface area (Å²) in [5, 5.41) is 7.08. The molecule has 2 aliphatic carbocycles. The Morgan fingerprint density at radius 3 is 2.44 bits per heavy atom. The van der Waals surface area contributed by atoms with Crippen LogP contribution in [0.15, 0.2) is 30.3 Å². The van der Waals surface area contributed by atoms with Gasteiger partial charge in [0.1, 0.15) is 5.82 Å². The minimum atomic E-state index is 0.535. The molecule has 0 aliphatic heterocycles. The SMILES string of the molecule is Cc1ccc(CNc2cc(C3CC3)nc(NC3CCCCC3)n2)cc1. The molecule has 0 saturated heterocycles. The molecular weight excluding hydrogens is 308 g/mol. The minimum Gasteiger partial charge on any atom is -0.366 e. The van der Waals surface area contributed by atoms with Crippen molar-refractivity contribution in [2.24, 2.45) is 0 Å². The quantitative estimate of drug-likeness (QED) is 0.778. The first-order valence-corrected chi connectivity index (χ1v) is 9.71. The summed E-state index contributed by atoms with van der Waals surface area (Å²) in [5.41, 5.74) is 3.76. The molecule has 1 heterocycles. The van der Waals surface area contributed by atoms with E-state index in [-0.39, 0.29) is 0 Å². The Morgan fingerprint density at radius 2 is 1.72 bits per heavy atom. The number of hydrogen-bond acceptors (Lipinski definition) is 4. The van der Waals surface area contributed by atoms with Gasteiger partial charge in [-0.25, -0.2) is 4.98 Å². The van der Waals surface area contributed by atoms with Crippen molar-refractivity contribution in [3.8, 4) is 0 Å². The van der Waals surface area contributed by atoms with Crippen molar-refractivity contribution in [3.63, 3.8) is 0 Å². The molecule has 0 amide bonds. The third-order valence-corrected chi connectivity index (χ3v) is 5.27. The molecule has 0 unspecified atom stereocenters. The summed E-state index contributed by atoms with van der Waals surface area (Å²) >= 11 is 0. The maximum atomic E-state index is 4.79. The molecule has 132 valence electrons. The van der Waals surface area contributed by atoms with Crippen LogP contribution in [-0.4, -0.2) is 16.0 Å². The molecule has 0 atom stereocenters. The predicted molar refractivity (Wildman–Crippen MR) is 103 cm³/mol. The topological polar surface area (TPSA) is 49.8 Å². The Balaban J connectivity index is 1.46. The Morgan fingerprint density at radius 1 is 0.960 bits per heavy atom. The monoisotopic (exact) mass is 336 g/mol. The smallest absolute Gasteiger partial charge is 0.225 e. The number of anilines is 2. The fraction of sp³-hybridized carbons (Fsp3) is 0.524. The third kappa shape index (κ3) is 4.50. The van der Waals surface area contributed by atoms with Gasteiger partial charge in [-0.15, -0.1) is 0 Å². The zero-order valence-corrected chi connectivity index (χ0v) is 15.1. The van der Waals surface area contributed by atoms with Crippen molar-refractivity contribution in [2.75, 3.05) is 10.6 Å². The molecular formula is C21H28N4. The van der Waals surface area contributed by atoms with Gasteiger partial charge in [-0.2, -0.15) is 4.98 Å². The van der Waals surface area contributed by atoms with Crippen LogP contribution in [0.3, 0.4) is 0 Å². The van der Waals surface area contributed by atoms with Crippen LogP contribution in [0.4, 0.5) is 11.8 Å². The first kappa shape index (κ1) is 16.4. The fourth-order valence-electron chi connectivity index (χ4n) is 3.54. The number of hydrogen-bond donors (Lipinski definition) is 2. The Hall–Kier alpha value is -2.10. The fourth-order valence-corrected chi connectivity index (χ4v) is 3.54. The van der Waals surface area contributed by atoms with Crippen LogP contribution < -0.4 is 10.6 Å². The van der Waals surface area contributed by atoms with Crippen LogP contribution >= 0.6 is 0 Å². The number of nitrogens with one attached hydrogen (secondary N) is 2. The van der Waals surface area contributed by atoms with Gasteiger partial charge >= 0.3 is 0 Å². The van der Waals surface area contributed by atoms with Gasteiger partial charge in [-0.05, 0) is 38.2 Å². The zero-order chi connectivity index (χ0) is 17.1. The molecule has 2 aliphatic rings. The zero-order valence-electron chi connectivity index (χ0n) is 15.1. The second-order valence-electron chi connectivity index (χ2n) is 7.59. The van der Waals surface area contributed by atoms with E-state index in [1.54, 1.807) is 0 Å². The normalized spacial score (nSPS) is 18.1. The highest BCUT2D eigenvalue weighted by atomic mass is 15.2. The minimum absolute atomic E-state index is 0.535. The van der Waals surface area contributed by atoms with Crippen molar-refractivity contribution >= 4 is 11.8 Å². The summed E-state index contributed by atoms with van der Waals surface area (Å²) in [4.78, 5) is 9.53. The van der Waals surface area contributed by atoms with Gasteiger partial charge in [0.2, 0.25) is 5.95 Å². The highest BCUT2D eigenvalue weighted by molar-refractivity contribution is 5.45. The molecule has 1 aromatic heterocycles. The van der Waals surface area contributed by atoms with Gasteiger partial charge in [0.05, 0.1) is 5.69 Å². The number of aryl methyl sites for hydroxylation is 1. The number of benzene rings is 1. The van der Waals surface area contributed by atoms with Crippen molar-refractivity contribution in [1.29, 1.82) is 0 Å². The van der Waals surface area contributed by atoms with Crippen LogP contribution in [0.2, 0.25) is 0 Å². The van der Waals surface area contributed by atoms with E-state index >= 15 is 0 Å². The Kier molecular flexibility index (Phi) is 4.86. The highest BCUT2D eigenvalue weighted by Gasteiger charge is 2.26. The van der Waals surface area contributed by atoms with Crippen LogP contribution in [0.5, 0.6) is 0 Å². The summed E-state index contributed by atoms with van der Waals surface area (Å²) in [7, 11) is 0. The van der Waals surface area contributed by atoms with Crippen molar-refractivity contribution < 1.29 is 0 Å². The number of nitrogens with zero attached hydrogens (tertiary/aromatic N) is 2. The Bertz CT molecular complexity index is 700. The second kappa shape index (κ2) is 7.42. The number of aromatic nitrogens is 2. The summed E-state index contributed by atoms with van der Waals surface area (Å²) < 4.78 is 0. The van der Waals surface area contributed by atoms with Crippen LogP contribution in [0.1, 0.15) is 67.7 Å². The molecule has 2 saturated carbocycles. The lowest BCUT2D eigenvalue weighted by Crippen LogP contribution is -2.24. The van der Waals surface area contributed by atoms with Crippen molar-refractivity contribution in [1.82, 2.24) is 9.97 Å². The number of rotatable bonds is 6. The maximum Gasteiger partial charge on any atom is 0.225 e.